The maximum atomic E-state index is 12.7. The standard InChI is InChI=1S/C16H30N2O3/c1-11(2)12(17-14(20)16(5,6)21)13(19)18-9-7-8-15(3,4)10-18/h11-12,21H,7-10H2,1-6H3,(H,17,20)/t12-/m1/s1. The highest BCUT2D eigenvalue weighted by atomic mass is 16.3. The zero-order chi connectivity index (χ0) is 16.4. The van der Waals surface area contributed by atoms with Gasteiger partial charge in [-0.25, -0.2) is 0 Å². The molecule has 1 rings (SSSR count). The van der Waals surface area contributed by atoms with E-state index in [1.807, 2.05) is 18.7 Å². The van der Waals surface area contributed by atoms with E-state index in [9.17, 15) is 14.7 Å². The Morgan fingerprint density at radius 3 is 2.29 bits per heavy atom. The van der Waals surface area contributed by atoms with Crippen LogP contribution in [0.15, 0.2) is 0 Å². The van der Waals surface area contributed by atoms with Gasteiger partial charge in [-0.1, -0.05) is 27.7 Å². The van der Waals surface area contributed by atoms with E-state index in [1.165, 1.54) is 13.8 Å². The summed E-state index contributed by atoms with van der Waals surface area (Å²) in [7, 11) is 0. The summed E-state index contributed by atoms with van der Waals surface area (Å²) < 4.78 is 0. The van der Waals surface area contributed by atoms with Crippen LogP contribution in [0.4, 0.5) is 0 Å². The third-order valence-electron chi connectivity index (χ3n) is 3.99. The first-order valence-electron chi connectivity index (χ1n) is 7.76. The van der Waals surface area contributed by atoms with Gasteiger partial charge in [0.15, 0.2) is 0 Å². The molecule has 1 aliphatic heterocycles. The number of nitrogens with one attached hydrogen (secondary N) is 1. The first-order chi connectivity index (χ1) is 9.44. The van der Waals surface area contributed by atoms with E-state index in [-0.39, 0.29) is 17.2 Å². The van der Waals surface area contributed by atoms with Crippen LogP contribution in [-0.4, -0.2) is 46.6 Å². The summed E-state index contributed by atoms with van der Waals surface area (Å²) in [6.45, 7) is 12.4. The van der Waals surface area contributed by atoms with Gasteiger partial charge in [0, 0.05) is 13.1 Å². The van der Waals surface area contributed by atoms with Gasteiger partial charge in [0.2, 0.25) is 5.91 Å². The van der Waals surface area contributed by atoms with Crippen LogP contribution in [0, 0.1) is 11.3 Å². The molecule has 1 saturated heterocycles. The second-order valence-corrected chi connectivity index (χ2v) is 7.78. The summed E-state index contributed by atoms with van der Waals surface area (Å²) in [5.74, 6) is -0.574. The molecule has 1 atom stereocenters. The van der Waals surface area contributed by atoms with E-state index in [2.05, 4.69) is 19.2 Å². The molecule has 0 spiro atoms. The Balaban J connectivity index is 2.81. The van der Waals surface area contributed by atoms with E-state index in [4.69, 9.17) is 0 Å². The average Bonchev–Trinajstić information content (AvgIpc) is 2.31. The number of aliphatic hydroxyl groups is 1. The first-order valence-corrected chi connectivity index (χ1v) is 7.76. The number of nitrogens with zero attached hydrogens (tertiary/aromatic N) is 1. The van der Waals surface area contributed by atoms with Crippen molar-refractivity contribution in [2.45, 2.75) is 66.0 Å². The molecule has 1 heterocycles. The number of likely N-dealkylation sites (tertiary alicyclic amines) is 1. The lowest BCUT2D eigenvalue weighted by Gasteiger charge is -2.40. The third kappa shape index (κ3) is 4.99. The van der Waals surface area contributed by atoms with Crippen LogP contribution in [-0.2, 0) is 9.59 Å². The zero-order valence-corrected chi connectivity index (χ0v) is 14.2. The van der Waals surface area contributed by atoms with Crippen LogP contribution in [0.3, 0.4) is 0 Å². The molecule has 2 N–H and O–H groups in total. The number of hydrogen-bond donors (Lipinski definition) is 2. The Kier molecular flexibility index (Phi) is 5.42. The summed E-state index contributed by atoms with van der Waals surface area (Å²) in [4.78, 5) is 26.5. The van der Waals surface area contributed by atoms with E-state index in [0.717, 1.165) is 19.4 Å². The van der Waals surface area contributed by atoms with Gasteiger partial charge in [-0.05, 0) is 38.0 Å². The molecule has 0 saturated carbocycles. The number of hydrogen-bond acceptors (Lipinski definition) is 3. The fourth-order valence-corrected chi connectivity index (χ4v) is 2.64. The summed E-state index contributed by atoms with van der Waals surface area (Å²) in [5.41, 5.74) is -1.36. The molecule has 21 heavy (non-hydrogen) atoms. The Morgan fingerprint density at radius 2 is 1.86 bits per heavy atom. The van der Waals surface area contributed by atoms with Crippen molar-refractivity contribution in [1.29, 1.82) is 0 Å². The van der Waals surface area contributed by atoms with Gasteiger partial charge >= 0.3 is 0 Å². The predicted octanol–water partition coefficient (Wildman–Crippen LogP) is 1.55. The molecule has 0 radical (unpaired) electrons. The number of rotatable bonds is 4. The largest absolute Gasteiger partial charge is 0.381 e. The van der Waals surface area contributed by atoms with Crippen molar-refractivity contribution in [2.24, 2.45) is 11.3 Å². The molecular weight excluding hydrogens is 268 g/mol. The van der Waals surface area contributed by atoms with Crippen molar-refractivity contribution < 1.29 is 14.7 Å². The van der Waals surface area contributed by atoms with Crippen LogP contribution in [0.25, 0.3) is 0 Å². The molecule has 2 amide bonds. The van der Waals surface area contributed by atoms with Crippen LogP contribution >= 0.6 is 0 Å². The lowest BCUT2D eigenvalue weighted by atomic mass is 9.83. The minimum atomic E-state index is -1.48. The van der Waals surface area contributed by atoms with Crippen LogP contribution < -0.4 is 5.32 Å². The van der Waals surface area contributed by atoms with E-state index in [1.54, 1.807) is 0 Å². The number of amides is 2. The SMILES string of the molecule is CC(C)[C@@H](NC(=O)C(C)(C)O)C(=O)N1CCCC(C)(C)C1. The maximum Gasteiger partial charge on any atom is 0.252 e. The Labute approximate surface area is 128 Å². The van der Waals surface area contributed by atoms with Gasteiger partial charge in [-0.15, -0.1) is 0 Å². The second kappa shape index (κ2) is 6.34. The summed E-state index contributed by atoms with van der Waals surface area (Å²) in [6.07, 6.45) is 2.10. The second-order valence-electron chi connectivity index (χ2n) is 7.78. The fraction of sp³-hybridized carbons (Fsp3) is 0.875. The molecule has 0 aromatic carbocycles. The molecule has 0 aromatic heterocycles. The predicted molar refractivity (Wildman–Crippen MR) is 82.7 cm³/mol. The monoisotopic (exact) mass is 298 g/mol. The van der Waals surface area contributed by atoms with Gasteiger partial charge < -0.3 is 15.3 Å². The summed E-state index contributed by atoms with van der Waals surface area (Å²) >= 11 is 0. The van der Waals surface area contributed by atoms with E-state index < -0.39 is 17.6 Å². The van der Waals surface area contributed by atoms with E-state index in [0.29, 0.717) is 6.54 Å². The van der Waals surface area contributed by atoms with Crippen molar-refractivity contribution in [3.63, 3.8) is 0 Å². The molecule has 0 aromatic rings. The highest BCUT2D eigenvalue weighted by Crippen LogP contribution is 2.29. The van der Waals surface area contributed by atoms with Crippen molar-refractivity contribution >= 4 is 11.8 Å². The smallest absolute Gasteiger partial charge is 0.252 e. The van der Waals surface area contributed by atoms with Gasteiger partial charge in [0.1, 0.15) is 11.6 Å². The molecule has 0 aliphatic carbocycles. The normalized spacial score (nSPS) is 20.3. The minimum absolute atomic E-state index is 0.0196. The average molecular weight is 298 g/mol. The molecule has 122 valence electrons. The van der Waals surface area contributed by atoms with Crippen LogP contribution in [0.5, 0.6) is 0 Å². The number of carbonyl (C=O) groups is 2. The van der Waals surface area contributed by atoms with Gasteiger partial charge in [-0.2, -0.15) is 0 Å². The maximum absolute atomic E-state index is 12.7. The first kappa shape index (κ1) is 18.0. The quantitative estimate of drug-likeness (QED) is 0.827. The van der Waals surface area contributed by atoms with E-state index >= 15 is 0 Å². The highest BCUT2D eigenvalue weighted by Gasteiger charge is 2.36. The topological polar surface area (TPSA) is 69.6 Å². The Hall–Kier alpha value is -1.10. The fourth-order valence-electron chi connectivity index (χ4n) is 2.64. The number of carbonyl (C=O) groups excluding carboxylic acids is 2. The van der Waals surface area contributed by atoms with Gasteiger partial charge in [-0.3, -0.25) is 9.59 Å². The molecule has 0 bridgehead atoms. The van der Waals surface area contributed by atoms with Crippen LogP contribution in [0.1, 0.15) is 54.4 Å². The molecular formula is C16H30N2O3. The third-order valence-corrected chi connectivity index (χ3v) is 3.99. The van der Waals surface area contributed by atoms with Crippen molar-refractivity contribution in [3.8, 4) is 0 Å². The lowest BCUT2D eigenvalue weighted by molar-refractivity contribution is -0.145. The Bertz CT molecular complexity index is 397. The van der Waals surface area contributed by atoms with Crippen molar-refractivity contribution in [3.05, 3.63) is 0 Å². The lowest BCUT2D eigenvalue weighted by Crippen LogP contribution is -2.57. The van der Waals surface area contributed by atoms with Gasteiger partial charge in [0.05, 0.1) is 0 Å². The summed E-state index contributed by atoms with van der Waals surface area (Å²) in [5, 5.41) is 12.5. The minimum Gasteiger partial charge on any atom is -0.381 e. The molecule has 5 nitrogen and oxygen atoms in total. The van der Waals surface area contributed by atoms with Gasteiger partial charge in [0.25, 0.3) is 5.91 Å². The van der Waals surface area contributed by atoms with Crippen LogP contribution in [0.2, 0.25) is 0 Å². The van der Waals surface area contributed by atoms with Crippen molar-refractivity contribution in [2.75, 3.05) is 13.1 Å². The molecule has 1 fully saturated rings. The number of piperidine rings is 1. The molecule has 1 aliphatic rings. The molecule has 0 unspecified atom stereocenters. The zero-order valence-electron chi connectivity index (χ0n) is 14.2. The Morgan fingerprint density at radius 1 is 1.29 bits per heavy atom. The highest BCUT2D eigenvalue weighted by molar-refractivity contribution is 5.91. The van der Waals surface area contributed by atoms with Crippen molar-refractivity contribution in [1.82, 2.24) is 10.2 Å². The summed E-state index contributed by atoms with van der Waals surface area (Å²) in [6, 6.07) is -0.585. The molecule has 5 heteroatoms.